The quantitative estimate of drug-likeness (QED) is 0.504. The third kappa shape index (κ3) is 2.99. The van der Waals surface area contributed by atoms with Crippen LogP contribution in [0.2, 0.25) is 5.02 Å². The summed E-state index contributed by atoms with van der Waals surface area (Å²) in [5.41, 5.74) is 6.98. The Bertz CT molecular complexity index is 605. The number of thiazole rings is 1. The summed E-state index contributed by atoms with van der Waals surface area (Å²) in [6.45, 7) is 3.81. The maximum absolute atomic E-state index is 14.1. The van der Waals surface area contributed by atoms with Crippen LogP contribution in [0.5, 0.6) is 0 Å². The number of aromatic nitrogens is 1. The average Bonchev–Trinajstić information content (AvgIpc) is 2.89. The van der Waals surface area contributed by atoms with E-state index in [2.05, 4.69) is 4.98 Å². The topological polar surface area (TPSA) is 42.1 Å². The van der Waals surface area contributed by atoms with E-state index in [9.17, 15) is 8.78 Å². The van der Waals surface area contributed by atoms with Crippen molar-refractivity contribution in [1.82, 2.24) is 4.98 Å². The molecule has 0 saturated carbocycles. The molecule has 0 aliphatic carbocycles. The van der Waals surface area contributed by atoms with Gasteiger partial charge in [0.1, 0.15) is 21.6 Å². The van der Waals surface area contributed by atoms with E-state index in [1.807, 2.05) is 19.2 Å². The van der Waals surface area contributed by atoms with Crippen LogP contribution in [0.3, 0.4) is 0 Å². The molecule has 0 bridgehead atoms. The first-order valence-electron chi connectivity index (χ1n) is 5.70. The molecule has 108 valence electrons. The number of hydrogen-bond acceptors (Lipinski definition) is 5. The molecule has 0 saturated heterocycles. The van der Waals surface area contributed by atoms with Crippen LogP contribution in [-0.4, -0.2) is 11.0 Å². The van der Waals surface area contributed by atoms with E-state index < -0.39 is 11.6 Å². The highest BCUT2D eigenvalue weighted by Crippen LogP contribution is 2.38. The summed E-state index contributed by atoms with van der Waals surface area (Å²) in [5, 5.41) is 1.54. The van der Waals surface area contributed by atoms with Crippen LogP contribution in [0.25, 0.3) is 0 Å². The van der Waals surface area contributed by atoms with E-state index >= 15 is 0 Å². The van der Waals surface area contributed by atoms with E-state index in [0.717, 1.165) is 18.0 Å². The molecule has 20 heavy (non-hydrogen) atoms. The number of nitrogen functional groups attached to an aromatic ring is 1. The van der Waals surface area contributed by atoms with Gasteiger partial charge in [-0.1, -0.05) is 11.6 Å². The van der Waals surface area contributed by atoms with Gasteiger partial charge in [-0.05, 0) is 31.9 Å². The monoisotopic (exact) mass is 335 g/mol. The van der Waals surface area contributed by atoms with E-state index in [4.69, 9.17) is 17.3 Å². The van der Waals surface area contributed by atoms with Crippen molar-refractivity contribution in [3.05, 3.63) is 33.6 Å². The molecule has 0 amide bonds. The molecule has 1 aromatic carbocycles. The van der Waals surface area contributed by atoms with Crippen molar-refractivity contribution in [1.29, 1.82) is 0 Å². The smallest absolute Gasteiger partial charge is 0.162 e. The molecule has 0 spiro atoms. The number of rotatable bonds is 4. The van der Waals surface area contributed by atoms with Crippen molar-refractivity contribution in [2.45, 2.75) is 24.8 Å². The molecule has 0 aliphatic heterocycles. The molecule has 2 N–H and O–H groups in total. The fourth-order valence-corrected chi connectivity index (χ4v) is 3.24. The van der Waals surface area contributed by atoms with Crippen LogP contribution < -0.4 is 10.0 Å². The second-order valence-corrected chi connectivity index (χ2v) is 6.34. The molecule has 0 aliphatic rings. The van der Waals surface area contributed by atoms with Crippen molar-refractivity contribution in [3.63, 3.8) is 0 Å². The van der Waals surface area contributed by atoms with Crippen LogP contribution in [0.1, 0.15) is 13.8 Å². The van der Waals surface area contributed by atoms with Gasteiger partial charge in [0.15, 0.2) is 5.82 Å². The molecule has 2 aromatic rings. The Morgan fingerprint density at radius 2 is 2.15 bits per heavy atom. The van der Waals surface area contributed by atoms with Gasteiger partial charge in [-0.3, -0.25) is 4.31 Å². The van der Waals surface area contributed by atoms with Crippen LogP contribution in [-0.2, 0) is 0 Å². The summed E-state index contributed by atoms with van der Waals surface area (Å²) < 4.78 is 29.7. The SMILES string of the molecule is CC(C)N(Sc1c(F)cc(N)c(Cl)c1F)c1cscn1. The molecule has 3 nitrogen and oxygen atoms in total. The lowest BCUT2D eigenvalue weighted by molar-refractivity contribution is 0.541. The minimum absolute atomic E-state index is 0.00257. The lowest BCUT2D eigenvalue weighted by atomic mass is 10.3. The summed E-state index contributed by atoms with van der Waals surface area (Å²) in [4.78, 5) is 3.97. The van der Waals surface area contributed by atoms with Gasteiger partial charge in [0.25, 0.3) is 0 Å². The van der Waals surface area contributed by atoms with Gasteiger partial charge < -0.3 is 5.73 Å². The van der Waals surface area contributed by atoms with Crippen LogP contribution in [0.4, 0.5) is 20.3 Å². The molecular formula is C12H12ClF2N3S2. The summed E-state index contributed by atoms with van der Waals surface area (Å²) >= 11 is 8.06. The molecule has 0 atom stereocenters. The summed E-state index contributed by atoms with van der Waals surface area (Å²) in [6, 6.07) is 1.02. The Labute approximate surface area is 128 Å². The van der Waals surface area contributed by atoms with E-state index in [-0.39, 0.29) is 21.6 Å². The molecule has 1 aromatic heterocycles. The predicted molar refractivity (Wildman–Crippen MR) is 81.4 cm³/mol. The van der Waals surface area contributed by atoms with Crippen molar-refractivity contribution in [3.8, 4) is 0 Å². The summed E-state index contributed by atoms with van der Waals surface area (Å²) in [5.74, 6) is -0.952. The normalized spacial score (nSPS) is 11.1. The molecule has 0 unspecified atom stereocenters. The van der Waals surface area contributed by atoms with Crippen molar-refractivity contribution < 1.29 is 8.78 Å². The van der Waals surface area contributed by atoms with Gasteiger partial charge in [0, 0.05) is 11.4 Å². The Kier molecular flexibility index (Phi) is 4.72. The number of halogens is 3. The van der Waals surface area contributed by atoms with Gasteiger partial charge in [0.2, 0.25) is 0 Å². The van der Waals surface area contributed by atoms with Gasteiger partial charge in [-0.15, -0.1) is 11.3 Å². The van der Waals surface area contributed by atoms with Crippen LogP contribution in [0.15, 0.2) is 21.9 Å². The summed E-state index contributed by atoms with van der Waals surface area (Å²) in [6.07, 6.45) is 0. The number of nitrogens with two attached hydrogens (primary N) is 1. The molecule has 1 heterocycles. The third-order valence-corrected chi connectivity index (χ3v) is 4.77. The van der Waals surface area contributed by atoms with Crippen LogP contribution in [0, 0.1) is 11.6 Å². The zero-order valence-corrected chi connectivity index (χ0v) is 13.1. The summed E-state index contributed by atoms with van der Waals surface area (Å²) in [7, 11) is 0. The Morgan fingerprint density at radius 3 is 2.70 bits per heavy atom. The standard InChI is InChI=1S/C12H12ClF2N3S2/c1-6(2)18(9-4-19-5-17-9)20-12-7(14)3-8(16)10(13)11(12)15/h3-6H,16H2,1-2H3. The molecule has 0 radical (unpaired) electrons. The fourth-order valence-electron chi connectivity index (χ4n) is 1.51. The van der Waals surface area contributed by atoms with Crippen LogP contribution >= 0.6 is 34.9 Å². The van der Waals surface area contributed by atoms with Gasteiger partial charge in [-0.2, -0.15) is 0 Å². The van der Waals surface area contributed by atoms with Crippen molar-refractivity contribution >= 4 is 46.4 Å². The number of nitrogens with zero attached hydrogens (tertiary/aromatic N) is 2. The zero-order valence-electron chi connectivity index (χ0n) is 10.7. The minimum Gasteiger partial charge on any atom is -0.397 e. The molecular weight excluding hydrogens is 324 g/mol. The first kappa shape index (κ1) is 15.3. The highest BCUT2D eigenvalue weighted by atomic mass is 35.5. The first-order valence-corrected chi connectivity index (χ1v) is 7.79. The molecule has 0 fully saturated rings. The third-order valence-electron chi connectivity index (χ3n) is 2.45. The van der Waals surface area contributed by atoms with Gasteiger partial charge in [0.05, 0.1) is 11.2 Å². The van der Waals surface area contributed by atoms with E-state index in [1.54, 1.807) is 9.82 Å². The van der Waals surface area contributed by atoms with Gasteiger partial charge in [-0.25, -0.2) is 13.8 Å². The predicted octanol–water partition coefficient (Wildman–Crippen LogP) is 4.58. The largest absolute Gasteiger partial charge is 0.397 e. The minimum atomic E-state index is -0.852. The maximum Gasteiger partial charge on any atom is 0.162 e. The highest BCUT2D eigenvalue weighted by molar-refractivity contribution is 8.00. The Hall–Kier alpha value is -1.05. The number of benzene rings is 1. The van der Waals surface area contributed by atoms with Crippen molar-refractivity contribution in [2.24, 2.45) is 0 Å². The molecule has 2 rings (SSSR count). The fraction of sp³-hybridized carbons (Fsp3) is 0.250. The average molecular weight is 336 g/mol. The van der Waals surface area contributed by atoms with Crippen molar-refractivity contribution in [2.75, 3.05) is 10.0 Å². The number of hydrogen-bond donors (Lipinski definition) is 1. The Balaban J connectivity index is 2.40. The highest BCUT2D eigenvalue weighted by Gasteiger charge is 2.22. The van der Waals surface area contributed by atoms with E-state index in [0.29, 0.717) is 5.82 Å². The van der Waals surface area contributed by atoms with Gasteiger partial charge >= 0.3 is 0 Å². The second-order valence-electron chi connectivity index (χ2n) is 4.26. The molecule has 8 heteroatoms. The Morgan fingerprint density at radius 1 is 1.45 bits per heavy atom. The zero-order chi connectivity index (χ0) is 14.9. The first-order chi connectivity index (χ1) is 9.41. The lowest BCUT2D eigenvalue weighted by Crippen LogP contribution is -2.24. The number of anilines is 2. The van der Waals surface area contributed by atoms with E-state index in [1.165, 1.54) is 11.3 Å². The maximum atomic E-state index is 14.1. The lowest BCUT2D eigenvalue weighted by Gasteiger charge is -2.25. The second kappa shape index (κ2) is 6.15.